The predicted octanol–water partition coefficient (Wildman–Crippen LogP) is 1.24. The SMILES string of the molecule is OCC=Cc1ncc(Br)cn1. The van der Waals surface area contributed by atoms with E-state index in [4.69, 9.17) is 5.11 Å². The molecule has 0 unspecified atom stereocenters. The molecule has 1 heterocycles. The molecule has 4 heteroatoms. The van der Waals surface area contributed by atoms with E-state index in [0.717, 1.165) is 4.47 Å². The number of aliphatic hydroxyl groups excluding tert-OH is 1. The van der Waals surface area contributed by atoms with Gasteiger partial charge in [0.05, 0.1) is 11.1 Å². The van der Waals surface area contributed by atoms with Crippen LogP contribution in [0.3, 0.4) is 0 Å². The summed E-state index contributed by atoms with van der Waals surface area (Å²) in [5.41, 5.74) is 0. The molecule has 1 rings (SSSR count). The minimum Gasteiger partial charge on any atom is -0.392 e. The highest BCUT2D eigenvalue weighted by molar-refractivity contribution is 9.10. The molecule has 0 atom stereocenters. The Morgan fingerprint density at radius 3 is 2.64 bits per heavy atom. The van der Waals surface area contributed by atoms with Gasteiger partial charge in [-0.05, 0) is 22.0 Å². The molecule has 11 heavy (non-hydrogen) atoms. The molecule has 0 radical (unpaired) electrons. The van der Waals surface area contributed by atoms with E-state index in [1.54, 1.807) is 24.5 Å². The van der Waals surface area contributed by atoms with E-state index in [9.17, 15) is 0 Å². The van der Waals surface area contributed by atoms with Crippen LogP contribution in [0.2, 0.25) is 0 Å². The zero-order chi connectivity index (χ0) is 8.10. The molecular formula is C7H7BrN2O. The predicted molar refractivity (Wildman–Crippen MR) is 45.9 cm³/mol. The van der Waals surface area contributed by atoms with Gasteiger partial charge in [0, 0.05) is 12.4 Å². The van der Waals surface area contributed by atoms with Crippen molar-refractivity contribution in [3.05, 3.63) is 28.8 Å². The fraction of sp³-hybridized carbons (Fsp3) is 0.143. The number of nitrogens with zero attached hydrogens (tertiary/aromatic N) is 2. The van der Waals surface area contributed by atoms with Crippen LogP contribution in [0.25, 0.3) is 6.08 Å². The molecule has 0 aromatic carbocycles. The molecule has 0 saturated carbocycles. The van der Waals surface area contributed by atoms with E-state index < -0.39 is 0 Å². The van der Waals surface area contributed by atoms with Crippen molar-refractivity contribution in [2.75, 3.05) is 6.61 Å². The minimum absolute atomic E-state index is 0.0133. The van der Waals surface area contributed by atoms with Crippen LogP contribution in [0.4, 0.5) is 0 Å². The maximum absolute atomic E-state index is 8.43. The molecule has 0 amide bonds. The third kappa shape index (κ3) is 2.78. The van der Waals surface area contributed by atoms with Crippen LogP contribution >= 0.6 is 15.9 Å². The lowest BCUT2D eigenvalue weighted by Gasteiger charge is -1.90. The normalized spacial score (nSPS) is 10.7. The van der Waals surface area contributed by atoms with Gasteiger partial charge in [0.2, 0.25) is 0 Å². The van der Waals surface area contributed by atoms with E-state index in [1.165, 1.54) is 0 Å². The summed E-state index contributed by atoms with van der Waals surface area (Å²) in [4.78, 5) is 7.92. The standard InChI is InChI=1S/C7H7BrN2O/c8-6-4-9-7(10-5-6)2-1-3-11/h1-2,4-5,11H,3H2. The monoisotopic (exact) mass is 214 g/mol. The largest absolute Gasteiger partial charge is 0.392 e. The Morgan fingerprint density at radius 2 is 2.09 bits per heavy atom. The van der Waals surface area contributed by atoms with E-state index in [1.807, 2.05) is 0 Å². The van der Waals surface area contributed by atoms with Gasteiger partial charge in [-0.15, -0.1) is 0 Å². The van der Waals surface area contributed by atoms with Crippen molar-refractivity contribution < 1.29 is 5.11 Å². The van der Waals surface area contributed by atoms with Gasteiger partial charge in [-0.25, -0.2) is 9.97 Å². The fourth-order valence-corrected chi connectivity index (χ4v) is 0.771. The maximum atomic E-state index is 8.43. The molecule has 0 aliphatic rings. The quantitative estimate of drug-likeness (QED) is 0.807. The van der Waals surface area contributed by atoms with E-state index >= 15 is 0 Å². The van der Waals surface area contributed by atoms with Crippen LogP contribution in [-0.4, -0.2) is 21.7 Å². The van der Waals surface area contributed by atoms with Gasteiger partial charge in [0.25, 0.3) is 0 Å². The van der Waals surface area contributed by atoms with Gasteiger partial charge in [0.15, 0.2) is 5.82 Å². The lowest BCUT2D eigenvalue weighted by molar-refractivity contribution is 0.343. The molecule has 0 spiro atoms. The van der Waals surface area contributed by atoms with E-state index in [0.29, 0.717) is 5.82 Å². The number of halogens is 1. The molecular weight excluding hydrogens is 208 g/mol. The summed E-state index contributed by atoms with van der Waals surface area (Å²) >= 11 is 3.22. The van der Waals surface area contributed by atoms with Crippen LogP contribution < -0.4 is 0 Å². The highest BCUT2D eigenvalue weighted by Gasteiger charge is 1.88. The molecule has 0 aliphatic heterocycles. The van der Waals surface area contributed by atoms with Crippen molar-refractivity contribution in [2.24, 2.45) is 0 Å². The molecule has 1 aromatic heterocycles. The molecule has 0 saturated heterocycles. The Kier molecular flexibility index (Phi) is 3.19. The number of rotatable bonds is 2. The summed E-state index contributed by atoms with van der Waals surface area (Å²) in [6.07, 6.45) is 6.56. The Balaban J connectivity index is 2.73. The number of hydrogen-bond donors (Lipinski definition) is 1. The molecule has 1 aromatic rings. The smallest absolute Gasteiger partial charge is 0.151 e. The summed E-state index contributed by atoms with van der Waals surface area (Å²) in [5, 5.41) is 8.43. The third-order valence-electron chi connectivity index (χ3n) is 1.01. The first-order valence-corrected chi connectivity index (χ1v) is 3.87. The van der Waals surface area contributed by atoms with Gasteiger partial charge >= 0.3 is 0 Å². The lowest BCUT2D eigenvalue weighted by Crippen LogP contribution is -1.85. The summed E-state index contributed by atoms with van der Waals surface area (Å²) in [5.74, 6) is 0.599. The Labute approximate surface area is 72.9 Å². The minimum atomic E-state index is 0.0133. The maximum Gasteiger partial charge on any atom is 0.151 e. The topological polar surface area (TPSA) is 46.0 Å². The van der Waals surface area contributed by atoms with Crippen molar-refractivity contribution in [2.45, 2.75) is 0 Å². The third-order valence-corrected chi connectivity index (χ3v) is 1.42. The van der Waals surface area contributed by atoms with Crippen LogP contribution in [0.1, 0.15) is 5.82 Å². The number of hydrogen-bond acceptors (Lipinski definition) is 3. The first kappa shape index (κ1) is 8.36. The molecule has 0 aliphatic carbocycles. The van der Waals surface area contributed by atoms with Crippen molar-refractivity contribution in [3.8, 4) is 0 Å². The van der Waals surface area contributed by atoms with Gasteiger partial charge in [-0.1, -0.05) is 6.08 Å². The van der Waals surface area contributed by atoms with Crippen LogP contribution in [0.5, 0.6) is 0 Å². The summed E-state index contributed by atoms with van der Waals surface area (Å²) < 4.78 is 0.846. The van der Waals surface area contributed by atoms with Crippen LogP contribution in [0.15, 0.2) is 22.9 Å². The van der Waals surface area contributed by atoms with Crippen molar-refractivity contribution >= 4 is 22.0 Å². The second-order valence-corrected chi connectivity index (χ2v) is 2.76. The van der Waals surface area contributed by atoms with Crippen molar-refractivity contribution in [1.82, 2.24) is 9.97 Å². The van der Waals surface area contributed by atoms with E-state index in [-0.39, 0.29) is 6.61 Å². The lowest BCUT2D eigenvalue weighted by atomic mass is 10.5. The van der Waals surface area contributed by atoms with Crippen LogP contribution in [0, 0.1) is 0 Å². The van der Waals surface area contributed by atoms with Gasteiger partial charge in [0.1, 0.15) is 0 Å². The number of aliphatic hydroxyl groups is 1. The first-order chi connectivity index (χ1) is 5.33. The summed E-state index contributed by atoms with van der Waals surface area (Å²) in [6.45, 7) is 0.0133. The molecule has 3 nitrogen and oxygen atoms in total. The Bertz CT molecular complexity index is 245. The average molecular weight is 215 g/mol. The molecule has 0 bridgehead atoms. The Morgan fingerprint density at radius 1 is 1.45 bits per heavy atom. The second-order valence-electron chi connectivity index (χ2n) is 1.84. The summed E-state index contributed by atoms with van der Waals surface area (Å²) in [6, 6.07) is 0. The van der Waals surface area contributed by atoms with Crippen molar-refractivity contribution in [1.29, 1.82) is 0 Å². The zero-order valence-corrected chi connectivity index (χ0v) is 7.32. The molecule has 58 valence electrons. The van der Waals surface area contributed by atoms with Crippen molar-refractivity contribution in [3.63, 3.8) is 0 Å². The van der Waals surface area contributed by atoms with E-state index in [2.05, 4.69) is 25.9 Å². The van der Waals surface area contributed by atoms with Gasteiger partial charge in [-0.2, -0.15) is 0 Å². The number of aromatic nitrogens is 2. The first-order valence-electron chi connectivity index (χ1n) is 3.08. The molecule has 1 N–H and O–H groups in total. The highest BCUT2D eigenvalue weighted by atomic mass is 79.9. The Hall–Kier alpha value is -0.740. The molecule has 0 fully saturated rings. The van der Waals surface area contributed by atoms with Crippen LogP contribution in [-0.2, 0) is 0 Å². The highest BCUT2D eigenvalue weighted by Crippen LogP contribution is 2.04. The average Bonchev–Trinajstić information content (AvgIpc) is 2.04. The fourth-order valence-electron chi connectivity index (χ4n) is 0.566. The summed E-state index contributed by atoms with van der Waals surface area (Å²) in [7, 11) is 0. The zero-order valence-electron chi connectivity index (χ0n) is 5.74. The van der Waals surface area contributed by atoms with Gasteiger partial charge in [-0.3, -0.25) is 0 Å². The second kappa shape index (κ2) is 4.20. The van der Waals surface area contributed by atoms with Gasteiger partial charge < -0.3 is 5.11 Å².